The summed E-state index contributed by atoms with van der Waals surface area (Å²) in [6, 6.07) is 16.4. The van der Waals surface area contributed by atoms with Gasteiger partial charge in [0.15, 0.2) is 0 Å². The lowest BCUT2D eigenvalue weighted by Crippen LogP contribution is -2.31. The number of aromatic nitrogens is 2. The maximum absolute atomic E-state index is 13.0. The molecule has 3 aromatic rings. The molecule has 3 rings (SSSR count). The highest BCUT2D eigenvalue weighted by atomic mass is 32.2. The molecule has 1 N–H and O–H groups in total. The van der Waals surface area contributed by atoms with Crippen LogP contribution in [0, 0.1) is 13.8 Å². The Kier molecular flexibility index (Phi) is 6.92. The number of carbonyl (C=O) groups excluding carboxylic acids is 1. The first kappa shape index (κ1) is 22.7. The van der Waals surface area contributed by atoms with E-state index in [1.165, 1.54) is 10.4 Å². The van der Waals surface area contributed by atoms with E-state index in [4.69, 9.17) is 0 Å². The van der Waals surface area contributed by atoms with Crippen molar-refractivity contribution in [2.45, 2.75) is 39.1 Å². The third-order valence-electron chi connectivity index (χ3n) is 5.09. The van der Waals surface area contributed by atoms with Gasteiger partial charge < -0.3 is 5.32 Å². The number of rotatable bonds is 8. The fourth-order valence-electron chi connectivity index (χ4n) is 3.43. The van der Waals surface area contributed by atoms with Crippen molar-refractivity contribution in [2.24, 2.45) is 0 Å². The van der Waals surface area contributed by atoms with Gasteiger partial charge in [-0.15, -0.1) is 0 Å². The SMILES string of the molecule is CCN(CC)S(=O)(=O)c1cc(C(=O)Nc2cc(C)nn2Cc2ccccc2)ccc1C. The first-order valence-corrected chi connectivity index (χ1v) is 11.7. The monoisotopic (exact) mass is 440 g/mol. The molecule has 0 spiro atoms. The molecular formula is C23H28N4O3S. The summed E-state index contributed by atoms with van der Waals surface area (Å²) >= 11 is 0. The standard InChI is InChI=1S/C23H28N4O3S/c1-5-26(6-2)31(29,30)21-15-20(13-12-17(21)3)23(28)24-22-14-18(4)25-27(22)16-19-10-8-7-9-11-19/h7-15H,5-6,16H2,1-4H3,(H,24,28). The summed E-state index contributed by atoms with van der Waals surface area (Å²) in [5.41, 5.74) is 2.72. The van der Waals surface area contributed by atoms with E-state index in [-0.39, 0.29) is 16.4 Å². The number of benzene rings is 2. The first-order valence-electron chi connectivity index (χ1n) is 10.3. The zero-order valence-corrected chi connectivity index (χ0v) is 19.1. The molecule has 0 fully saturated rings. The van der Waals surface area contributed by atoms with Crippen LogP contribution in [0.1, 0.15) is 41.0 Å². The maximum atomic E-state index is 13.0. The Morgan fingerprint density at radius 1 is 1.03 bits per heavy atom. The van der Waals surface area contributed by atoms with E-state index in [1.807, 2.05) is 37.3 Å². The third-order valence-corrected chi connectivity index (χ3v) is 7.28. The number of amides is 1. The number of nitrogens with zero attached hydrogens (tertiary/aromatic N) is 3. The minimum Gasteiger partial charge on any atom is -0.307 e. The summed E-state index contributed by atoms with van der Waals surface area (Å²) < 4.78 is 29.1. The number of hydrogen-bond acceptors (Lipinski definition) is 4. The second-order valence-corrected chi connectivity index (χ2v) is 9.24. The van der Waals surface area contributed by atoms with Crippen molar-refractivity contribution in [3.63, 3.8) is 0 Å². The van der Waals surface area contributed by atoms with Crippen LogP contribution >= 0.6 is 0 Å². The molecule has 2 aromatic carbocycles. The minimum absolute atomic E-state index is 0.151. The van der Waals surface area contributed by atoms with Gasteiger partial charge in [0.25, 0.3) is 5.91 Å². The van der Waals surface area contributed by atoms with Crippen molar-refractivity contribution < 1.29 is 13.2 Å². The molecule has 0 atom stereocenters. The molecule has 31 heavy (non-hydrogen) atoms. The molecule has 1 aromatic heterocycles. The van der Waals surface area contributed by atoms with Crippen LogP contribution in [-0.4, -0.2) is 41.5 Å². The van der Waals surface area contributed by atoms with Crippen molar-refractivity contribution in [3.8, 4) is 0 Å². The van der Waals surface area contributed by atoms with E-state index < -0.39 is 10.0 Å². The highest BCUT2D eigenvalue weighted by molar-refractivity contribution is 7.89. The van der Waals surface area contributed by atoms with Gasteiger partial charge in [-0.05, 0) is 37.1 Å². The summed E-state index contributed by atoms with van der Waals surface area (Å²) in [7, 11) is -3.67. The summed E-state index contributed by atoms with van der Waals surface area (Å²) in [6.07, 6.45) is 0. The Morgan fingerprint density at radius 3 is 2.35 bits per heavy atom. The molecule has 0 radical (unpaired) electrons. The maximum Gasteiger partial charge on any atom is 0.256 e. The minimum atomic E-state index is -3.67. The van der Waals surface area contributed by atoms with Gasteiger partial charge in [-0.2, -0.15) is 9.40 Å². The van der Waals surface area contributed by atoms with Gasteiger partial charge in [-0.3, -0.25) is 4.79 Å². The van der Waals surface area contributed by atoms with Crippen LogP contribution in [0.4, 0.5) is 5.82 Å². The number of aryl methyl sites for hydroxylation is 2. The van der Waals surface area contributed by atoms with Crippen molar-refractivity contribution in [1.29, 1.82) is 0 Å². The molecule has 1 heterocycles. The molecule has 7 nitrogen and oxygen atoms in total. The predicted molar refractivity (Wildman–Crippen MR) is 122 cm³/mol. The van der Waals surface area contributed by atoms with E-state index >= 15 is 0 Å². The molecule has 0 aliphatic rings. The van der Waals surface area contributed by atoms with E-state index in [2.05, 4.69) is 10.4 Å². The highest BCUT2D eigenvalue weighted by Gasteiger charge is 2.25. The molecule has 0 saturated heterocycles. The van der Waals surface area contributed by atoms with Gasteiger partial charge >= 0.3 is 0 Å². The normalized spacial score (nSPS) is 11.6. The summed E-state index contributed by atoms with van der Waals surface area (Å²) in [4.78, 5) is 13.1. The Bertz CT molecular complexity index is 1170. The quantitative estimate of drug-likeness (QED) is 0.577. The van der Waals surface area contributed by atoms with Crippen LogP contribution in [0.2, 0.25) is 0 Å². The van der Waals surface area contributed by atoms with Gasteiger partial charge in [0.05, 0.1) is 17.1 Å². The molecule has 0 saturated carbocycles. The Morgan fingerprint density at radius 2 is 1.71 bits per heavy atom. The fourth-order valence-corrected chi connectivity index (χ4v) is 5.14. The second kappa shape index (κ2) is 9.45. The van der Waals surface area contributed by atoms with Crippen LogP contribution in [0.25, 0.3) is 0 Å². The average Bonchev–Trinajstić information content (AvgIpc) is 3.08. The van der Waals surface area contributed by atoms with Gasteiger partial charge in [0.2, 0.25) is 10.0 Å². The number of sulfonamides is 1. The van der Waals surface area contributed by atoms with E-state index in [1.54, 1.807) is 43.7 Å². The zero-order valence-electron chi connectivity index (χ0n) is 18.3. The lowest BCUT2D eigenvalue weighted by atomic mass is 10.1. The van der Waals surface area contributed by atoms with E-state index in [0.29, 0.717) is 31.0 Å². The second-order valence-electron chi connectivity index (χ2n) is 7.34. The first-order chi connectivity index (χ1) is 14.8. The number of nitrogens with one attached hydrogen (secondary N) is 1. The third kappa shape index (κ3) is 5.03. The summed E-state index contributed by atoms with van der Waals surface area (Å²) in [6.45, 7) is 8.43. The topological polar surface area (TPSA) is 84.3 Å². The van der Waals surface area contributed by atoms with Crippen LogP contribution in [-0.2, 0) is 16.6 Å². The van der Waals surface area contributed by atoms with Crippen molar-refractivity contribution in [3.05, 3.63) is 77.0 Å². The molecule has 0 bridgehead atoms. The summed E-state index contributed by atoms with van der Waals surface area (Å²) in [5.74, 6) is 0.172. The fraction of sp³-hybridized carbons (Fsp3) is 0.304. The van der Waals surface area contributed by atoms with E-state index in [0.717, 1.165) is 11.3 Å². The van der Waals surface area contributed by atoms with Crippen molar-refractivity contribution in [2.75, 3.05) is 18.4 Å². The van der Waals surface area contributed by atoms with Crippen molar-refractivity contribution >= 4 is 21.7 Å². The molecular weight excluding hydrogens is 412 g/mol. The molecule has 0 unspecified atom stereocenters. The van der Waals surface area contributed by atoms with Gasteiger partial charge in [0, 0.05) is 24.7 Å². The van der Waals surface area contributed by atoms with Gasteiger partial charge in [-0.25, -0.2) is 13.1 Å². The zero-order chi connectivity index (χ0) is 22.6. The van der Waals surface area contributed by atoms with E-state index in [9.17, 15) is 13.2 Å². The largest absolute Gasteiger partial charge is 0.307 e. The molecule has 1 amide bonds. The predicted octanol–water partition coefficient (Wildman–Crippen LogP) is 3.83. The van der Waals surface area contributed by atoms with Gasteiger partial charge in [-0.1, -0.05) is 50.2 Å². The molecule has 164 valence electrons. The Labute approximate surface area is 183 Å². The number of anilines is 1. The Hall–Kier alpha value is -2.97. The number of carbonyl (C=O) groups is 1. The van der Waals surface area contributed by atoms with Gasteiger partial charge in [0.1, 0.15) is 5.82 Å². The number of hydrogen-bond donors (Lipinski definition) is 1. The lowest BCUT2D eigenvalue weighted by molar-refractivity contribution is 0.102. The van der Waals surface area contributed by atoms with Crippen molar-refractivity contribution in [1.82, 2.24) is 14.1 Å². The van der Waals surface area contributed by atoms with Crippen LogP contribution in [0.5, 0.6) is 0 Å². The van der Waals surface area contributed by atoms with Crippen LogP contribution in [0.15, 0.2) is 59.5 Å². The Balaban J connectivity index is 1.88. The smallest absolute Gasteiger partial charge is 0.256 e. The van der Waals surface area contributed by atoms with Crippen LogP contribution < -0.4 is 5.32 Å². The highest BCUT2D eigenvalue weighted by Crippen LogP contribution is 2.22. The average molecular weight is 441 g/mol. The summed E-state index contributed by atoms with van der Waals surface area (Å²) in [5, 5.41) is 7.34. The molecule has 0 aliphatic carbocycles. The lowest BCUT2D eigenvalue weighted by Gasteiger charge is -2.20. The van der Waals surface area contributed by atoms with Crippen LogP contribution in [0.3, 0.4) is 0 Å². The molecule has 0 aliphatic heterocycles. The molecule has 8 heteroatoms.